The minimum atomic E-state index is -8.93. The van der Waals surface area contributed by atoms with Gasteiger partial charge in [-0.05, 0) is 29.3 Å². The van der Waals surface area contributed by atoms with E-state index in [1.165, 1.54) is 30.3 Å². The highest BCUT2D eigenvalue weighted by Gasteiger charge is 2.93. The van der Waals surface area contributed by atoms with Gasteiger partial charge in [0, 0.05) is 25.8 Å². The van der Waals surface area contributed by atoms with E-state index in [-0.39, 0.29) is 29.8 Å². The van der Waals surface area contributed by atoms with Crippen LogP contribution in [0.4, 0.5) is 176 Å². The predicted octanol–water partition coefficient (Wildman–Crippen LogP) is 17.2. The minimum Gasteiger partial charge on any atom is -0.445 e. The molecule has 476 valence electrons. The first-order valence-electron chi connectivity index (χ1n) is 20.7. The van der Waals surface area contributed by atoms with Crippen LogP contribution in [0.1, 0.15) is 30.4 Å². The second-order valence-electron chi connectivity index (χ2n) is 17.4. The third-order valence-electron chi connectivity index (χ3n) is 12.0. The maximum Gasteiger partial charge on any atom is 0.460 e. The number of benzene rings is 2. The van der Waals surface area contributed by atoms with Gasteiger partial charge >= 0.3 is 113 Å². The van der Waals surface area contributed by atoms with Gasteiger partial charge in [0.2, 0.25) is 0 Å². The van der Waals surface area contributed by atoms with Crippen LogP contribution in [-0.4, -0.2) is 122 Å². The van der Waals surface area contributed by atoms with Crippen molar-refractivity contribution in [2.24, 2.45) is 0 Å². The molecule has 0 spiro atoms. The summed E-state index contributed by atoms with van der Waals surface area (Å²) in [6.07, 6.45) is -38.4. The number of halogens is 39. The Bertz CT molecular complexity index is 2290. The Morgan fingerprint density at radius 1 is 0.329 bits per heavy atom. The van der Waals surface area contributed by atoms with Crippen LogP contribution in [0.2, 0.25) is 18.1 Å². The molecule has 2 aromatic carbocycles. The number of hydrogen-bond acceptors (Lipinski definition) is 2. The van der Waals surface area contributed by atoms with Crippen LogP contribution in [0.5, 0.6) is 0 Å². The number of amides is 1. The van der Waals surface area contributed by atoms with Crippen LogP contribution >= 0.6 is 0 Å². The molecule has 1 N–H and O–H groups in total. The van der Waals surface area contributed by atoms with Crippen LogP contribution < -0.4 is 10.5 Å². The van der Waals surface area contributed by atoms with Crippen molar-refractivity contribution in [3.63, 3.8) is 0 Å². The zero-order valence-corrected chi connectivity index (χ0v) is 39.4. The molecule has 0 atom stereocenters. The average Bonchev–Trinajstić information content (AvgIpc) is 3.31. The van der Waals surface area contributed by atoms with E-state index in [1.807, 2.05) is 5.32 Å². The number of carbonyl (C=O) groups is 1. The van der Waals surface area contributed by atoms with E-state index in [1.54, 1.807) is 0 Å². The van der Waals surface area contributed by atoms with Gasteiger partial charge in [0.05, 0.1) is 8.07 Å². The van der Waals surface area contributed by atoms with Gasteiger partial charge in [0.15, 0.2) is 0 Å². The second-order valence-corrected chi connectivity index (χ2v) is 22.0. The van der Waals surface area contributed by atoms with Crippen LogP contribution in [0.15, 0.2) is 54.6 Å². The number of alkyl carbamates (subject to hydrolysis) is 1. The zero-order valence-electron chi connectivity index (χ0n) is 38.4. The van der Waals surface area contributed by atoms with Gasteiger partial charge < -0.3 is 10.1 Å². The molecule has 2 aromatic rings. The standard InChI is InChI=1S/C39H26F39NO2Si/c40-22(41,25(46,47)28(52,53)31(58,59)34(64,65)37(70,71)72)10-13-82(20-8-6-19(7-9-20)17-81-21(80)79-16-18-4-2-1-3-5-18,14-11-23(42,43)26(48,49)29(54,55)32(60,61)35(66,67)38(73,74)75)15-12-24(44,45)27(50,51)30(56,57)33(62,63)36(68,69)39(76,77)78/h1-9H,10-17H2,(H,79,80). The van der Waals surface area contributed by atoms with E-state index in [0.29, 0.717) is 0 Å². The minimum absolute atomic E-state index is 0.0730. The molecule has 0 saturated heterocycles. The van der Waals surface area contributed by atoms with Gasteiger partial charge in [-0.3, -0.25) is 0 Å². The van der Waals surface area contributed by atoms with Gasteiger partial charge in [-0.1, -0.05) is 59.8 Å². The Labute approximate surface area is 429 Å². The van der Waals surface area contributed by atoms with E-state index in [0.717, 1.165) is 0 Å². The van der Waals surface area contributed by atoms with Crippen LogP contribution in [0, 0.1) is 0 Å². The van der Waals surface area contributed by atoms with Crippen molar-refractivity contribution in [2.75, 3.05) is 0 Å². The van der Waals surface area contributed by atoms with Crippen molar-refractivity contribution in [3.8, 4) is 0 Å². The molecule has 0 heterocycles. The van der Waals surface area contributed by atoms with Gasteiger partial charge in [-0.15, -0.1) is 0 Å². The van der Waals surface area contributed by atoms with E-state index in [2.05, 4.69) is 4.74 Å². The summed E-state index contributed by atoms with van der Waals surface area (Å²) in [7, 11) is -7.21. The number of rotatable bonds is 26. The fourth-order valence-corrected chi connectivity index (χ4v) is 11.7. The summed E-state index contributed by atoms with van der Waals surface area (Å²) >= 11 is 0. The summed E-state index contributed by atoms with van der Waals surface area (Å²) in [6, 6.07) is -3.60. The van der Waals surface area contributed by atoms with Crippen molar-refractivity contribution in [3.05, 3.63) is 65.7 Å². The topological polar surface area (TPSA) is 38.3 Å². The first-order valence-corrected chi connectivity index (χ1v) is 23.4. The summed E-state index contributed by atoms with van der Waals surface area (Å²) in [6.45, 7) is -1.74. The quantitative estimate of drug-likeness (QED) is 0.0753. The molecule has 2 rings (SSSR count). The third kappa shape index (κ3) is 12.1. The maximum absolute atomic E-state index is 15.3. The highest BCUT2D eigenvalue weighted by Crippen LogP contribution is 2.65. The summed E-state index contributed by atoms with van der Waals surface area (Å²) in [4.78, 5) is 12.2. The average molecular weight is 1310 g/mol. The maximum atomic E-state index is 15.3. The smallest absolute Gasteiger partial charge is 0.445 e. The number of alkyl halides is 39. The molecule has 0 fully saturated rings. The Balaban J connectivity index is 3.14. The molecule has 0 saturated carbocycles. The normalized spacial score (nSPS) is 15.7. The molecule has 0 aliphatic carbocycles. The number of hydrogen-bond donors (Lipinski definition) is 1. The molecule has 82 heavy (non-hydrogen) atoms. The van der Waals surface area contributed by atoms with Crippen molar-refractivity contribution < 1.29 is 181 Å². The van der Waals surface area contributed by atoms with E-state index < -0.39 is 183 Å². The largest absolute Gasteiger partial charge is 0.460 e. The van der Waals surface area contributed by atoms with Crippen molar-refractivity contribution in [1.29, 1.82) is 0 Å². The molecular weight excluding hydrogens is 1280 g/mol. The Kier molecular flexibility index (Phi) is 19.6. The lowest BCUT2D eigenvalue weighted by Gasteiger charge is -2.43. The molecule has 43 heteroatoms. The van der Waals surface area contributed by atoms with Crippen molar-refractivity contribution in [2.45, 2.75) is 158 Å². The highest BCUT2D eigenvalue weighted by molar-refractivity contribution is 6.92. The zero-order chi connectivity index (χ0) is 65.2. The Morgan fingerprint density at radius 3 is 0.841 bits per heavy atom. The molecular formula is C39H26F39NO2Si. The van der Waals surface area contributed by atoms with Gasteiger partial charge in [0.25, 0.3) is 0 Å². The van der Waals surface area contributed by atoms with Crippen LogP contribution in [0.3, 0.4) is 0 Å². The first kappa shape index (κ1) is 73.3. The summed E-state index contributed by atoms with van der Waals surface area (Å²) in [5, 5.41) is 0.0136. The molecule has 1 amide bonds. The van der Waals surface area contributed by atoms with Crippen LogP contribution in [0.25, 0.3) is 0 Å². The van der Waals surface area contributed by atoms with Gasteiger partial charge in [0.1, 0.15) is 6.61 Å². The fourth-order valence-electron chi connectivity index (χ4n) is 6.80. The summed E-state index contributed by atoms with van der Waals surface area (Å²) < 4.78 is 553. The number of carbonyl (C=O) groups excluding carboxylic acids is 1. The molecule has 3 nitrogen and oxygen atoms in total. The highest BCUT2D eigenvalue weighted by atomic mass is 28.3. The van der Waals surface area contributed by atoms with E-state index in [4.69, 9.17) is 0 Å². The molecule has 0 unspecified atom stereocenters. The van der Waals surface area contributed by atoms with Gasteiger partial charge in [-0.25, -0.2) is 4.79 Å². The Hall–Kier alpha value is -4.80. The van der Waals surface area contributed by atoms with E-state index >= 15 is 26.3 Å². The Morgan fingerprint density at radius 2 is 0.585 bits per heavy atom. The lowest BCUT2D eigenvalue weighted by atomic mass is 9.93. The SMILES string of the molecule is O=C(NCc1ccccc1)OCc1ccc([Si](CCC(F)(F)C(F)(F)C(F)(F)C(F)(F)C(F)(F)C(F)(F)F)(CCC(F)(F)C(F)(F)C(F)(F)C(F)(F)C(F)(F)C(F)(F)F)CCC(F)(F)C(F)(F)C(F)(F)C(F)(F)C(F)(F)C(F)(F)F)cc1. The summed E-state index contributed by atoms with van der Waals surface area (Å²) in [5.74, 6) is -128. The lowest BCUT2D eigenvalue weighted by molar-refractivity contribution is -0.440. The lowest BCUT2D eigenvalue weighted by Crippen LogP contribution is -2.70. The van der Waals surface area contributed by atoms with Crippen molar-refractivity contribution >= 4 is 19.4 Å². The number of nitrogens with one attached hydrogen (secondary N) is 1. The van der Waals surface area contributed by atoms with E-state index in [9.17, 15) is 150 Å². The molecule has 0 aliphatic rings. The summed E-state index contributed by atoms with van der Waals surface area (Å²) in [5.41, 5.74) is -0.523. The third-order valence-corrected chi connectivity index (χ3v) is 17.1. The fraction of sp³-hybridized carbons (Fsp3) is 0.667. The van der Waals surface area contributed by atoms with Crippen LogP contribution in [-0.2, 0) is 17.9 Å². The molecule has 0 aromatic heterocycles. The molecule has 0 radical (unpaired) electrons. The molecule has 0 bridgehead atoms. The first-order chi connectivity index (χ1) is 35.8. The monoisotopic (exact) mass is 1310 g/mol. The van der Waals surface area contributed by atoms with Crippen molar-refractivity contribution in [1.82, 2.24) is 5.32 Å². The second kappa shape index (κ2) is 21.9. The predicted molar refractivity (Wildman–Crippen MR) is 196 cm³/mol. The number of ether oxygens (including phenoxy) is 1. The molecule has 0 aliphatic heterocycles. The van der Waals surface area contributed by atoms with Gasteiger partial charge in [-0.2, -0.15) is 171 Å².